The summed E-state index contributed by atoms with van der Waals surface area (Å²) in [5, 5.41) is 11.5. The predicted molar refractivity (Wildman–Crippen MR) is 54.8 cm³/mol. The van der Waals surface area contributed by atoms with Gasteiger partial charge in [0.25, 0.3) is 0 Å². The molecule has 0 fully saturated rings. The third-order valence-electron chi connectivity index (χ3n) is 1.88. The molecule has 0 amide bonds. The zero-order valence-corrected chi connectivity index (χ0v) is 7.96. The molecule has 0 saturated carbocycles. The minimum absolute atomic E-state index is 0.292. The number of nitriles is 1. The van der Waals surface area contributed by atoms with Crippen LogP contribution in [0.25, 0.3) is 0 Å². The van der Waals surface area contributed by atoms with Gasteiger partial charge in [-0.05, 0) is 24.1 Å². The van der Waals surface area contributed by atoms with Crippen LogP contribution in [-0.2, 0) is 6.42 Å². The molecular formula is C11H13FN2. The van der Waals surface area contributed by atoms with Crippen molar-refractivity contribution in [2.45, 2.75) is 12.8 Å². The Balaban J connectivity index is 2.43. The summed E-state index contributed by atoms with van der Waals surface area (Å²) >= 11 is 0. The van der Waals surface area contributed by atoms with Gasteiger partial charge >= 0.3 is 0 Å². The van der Waals surface area contributed by atoms with E-state index < -0.39 is 0 Å². The highest BCUT2D eigenvalue weighted by atomic mass is 19.1. The molecule has 74 valence electrons. The molecule has 0 aliphatic carbocycles. The fraction of sp³-hybridized carbons (Fsp3) is 0.364. The highest BCUT2D eigenvalue weighted by Gasteiger charge is 1.93. The van der Waals surface area contributed by atoms with Crippen molar-refractivity contribution >= 4 is 5.69 Å². The Labute approximate surface area is 83.4 Å². The number of hydrogen-bond donors (Lipinski definition) is 1. The average molecular weight is 192 g/mol. The molecule has 0 saturated heterocycles. The molecule has 1 aromatic rings. The number of alkyl halides is 1. The summed E-state index contributed by atoms with van der Waals surface area (Å²) in [5.74, 6) is 0. The monoisotopic (exact) mass is 192 g/mol. The number of nitrogens with zero attached hydrogens (tertiary/aromatic N) is 1. The van der Waals surface area contributed by atoms with E-state index in [9.17, 15) is 4.39 Å². The van der Waals surface area contributed by atoms with Crippen molar-refractivity contribution in [3.05, 3.63) is 29.8 Å². The maximum Gasteiger partial charge on any atom is 0.0911 e. The van der Waals surface area contributed by atoms with Gasteiger partial charge < -0.3 is 5.32 Å². The summed E-state index contributed by atoms with van der Waals surface area (Å²) in [6, 6.07) is 9.71. The van der Waals surface area contributed by atoms with Crippen LogP contribution in [0.2, 0.25) is 0 Å². The molecule has 0 spiro atoms. The Bertz CT molecular complexity index is 300. The lowest BCUT2D eigenvalue weighted by Gasteiger charge is -2.04. The van der Waals surface area contributed by atoms with Crippen LogP contribution in [0.5, 0.6) is 0 Å². The van der Waals surface area contributed by atoms with Crippen molar-refractivity contribution in [1.29, 1.82) is 5.26 Å². The topological polar surface area (TPSA) is 35.8 Å². The Morgan fingerprint density at radius 2 is 2.00 bits per heavy atom. The summed E-state index contributed by atoms with van der Waals surface area (Å²) in [6.45, 7) is 0.355. The van der Waals surface area contributed by atoms with E-state index in [2.05, 4.69) is 11.4 Å². The minimum Gasteiger partial charge on any atom is -0.385 e. The lowest BCUT2D eigenvalue weighted by Crippen LogP contribution is -2.01. The highest BCUT2D eigenvalue weighted by Crippen LogP contribution is 2.09. The summed E-state index contributed by atoms with van der Waals surface area (Å²) in [5.41, 5.74) is 1.98. The van der Waals surface area contributed by atoms with Gasteiger partial charge in [-0.3, -0.25) is 4.39 Å². The van der Waals surface area contributed by atoms with Crippen LogP contribution in [0.15, 0.2) is 24.3 Å². The molecule has 2 nitrogen and oxygen atoms in total. The van der Waals surface area contributed by atoms with Crippen LogP contribution >= 0.6 is 0 Å². The van der Waals surface area contributed by atoms with Crippen molar-refractivity contribution in [3.63, 3.8) is 0 Å². The first-order valence-corrected chi connectivity index (χ1v) is 4.62. The van der Waals surface area contributed by atoms with Crippen molar-refractivity contribution in [2.75, 3.05) is 18.5 Å². The predicted octanol–water partition coefficient (Wildman–Crippen LogP) is 2.52. The molecule has 0 unspecified atom stereocenters. The molecular weight excluding hydrogens is 179 g/mol. The first-order chi connectivity index (χ1) is 6.86. The van der Waals surface area contributed by atoms with Crippen LogP contribution in [0.4, 0.5) is 10.1 Å². The van der Waals surface area contributed by atoms with E-state index >= 15 is 0 Å². The van der Waals surface area contributed by atoms with Crippen LogP contribution in [0, 0.1) is 11.3 Å². The first-order valence-electron chi connectivity index (χ1n) is 4.62. The van der Waals surface area contributed by atoms with Crippen molar-refractivity contribution in [3.8, 4) is 6.07 Å². The van der Waals surface area contributed by atoms with Crippen molar-refractivity contribution < 1.29 is 4.39 Å². The van der Waals surface area contributed by atoms with Gasteiger partial charge in [0.15, 0.2) is 0 Å². The third-order valence-corrected chi connectivity index (χ3v) is 1.88. The smallest absolute Gasteiger partial charge is 0.0911 e. The van der Waals surface area contributed by atoms with E-state index in [1.165, 1.54) is 0 Å². The molecule has 0 heterocycles. The van der Waals surface area contributed by atoms with E-state index in [4.69, 9.17) is 5.26 Å². The van der Waals surface area contributed by atoms with E-state index in [0.29, 0.717) is 19.4 Å². The van der Waals surface area contributed by atoms with E-state index in [1.807, 2.05) is 24.3 Å². The molecule has 0 atom stereocenters. The Hall–Kier alpha value is -1.56. The maximum atomic E-state index is 11.8. The molecule has 0 aromatic heterocycles. The Morgan fingerprint density at radius 1 is 1.29 bits per heavy atom. The summed E-state index contributed by atoms with van der Waals surface area (Å²) in [4.78, 5) is 0. The van der Waals surface area contributed by atoms with Crippen molar-refractivity contribution in [2.24, 2.45) is 0 Å². The van der Waals surface area contributed by atoms with Gasteiger partial charge in [0.1, 0.15) is 0 Å². The van der Waals surface area contributed by atoms with Gasteiger partial charge in [-0.25, -0.2) is 0 Å². The molecule has 0 bridgehead atoms. The first kappa shape index (κ1) is 10.5. The average Bonchev–Trinajstić information content (AvgIpc) is 2.21. The van der Waals surface area contributed by atoms with Crippen molar-refractivity contribution in [1.82, 2.24) is 0 Å². The van der Waals surface area contributed by atoms with Crippen LogP contribution in [0.1, 0.15) is 12.0 Å². The molecule has 14 heavy (non-hydrogen) atoms. The minimum atomic E-state index is -0.292. The van der Waals surface area contributed by atoms with Crippen LogP contribution in [-0.4, -0.2) is 13.2 Å². The largest absolute Gasteiger partial charge is 0.385 e. The number of hydrogen-bond acceptors (Lipinski definition) is 2. The summed E-state index contributed by atoms with van der Waals surface area (Å²) < 4.78 is 11.8. The number of halogens is 1. The van der Waals surface area contributed by atoms with Gasteiger partial charge in [0, 0.05) is 12.2 Å². The van der Waals surface area contributed by atoms with Gasteiger partial charge in [-0.1, -0.05) is 12.1 Å². The molecule has 0 aliphatic rings. The molecule has 0 radical (unpaired) electrons. The Morgan fingerprint density at radius 3 is 2.57 bits per heavy atom. The standard InChI is InChI=1S/C11H13FN2/c12-7-1-9-14-11-4-2-10(3-5-11)6-8-13/h2-5,14H,1,6-7,9H2. The van der Waals surface area contributed by atoms with Crippen LogP contribution in [0.3, 0.4) is 0 Å². The fourth-order valence-electron chi connectivity index (χ4n) is 1.13. The van der Waals surface area contributed by atoms with E-state index in [0.717, 1.165) is 11.3 Å². The Kier molecular flexibility index (Phi) is 4.49. The zero-order chi connectivity index (χ0) is 10.2. The van der Waals surface area contributed by atoms with Gasteiger partial charge in [0.05, 0.1) is 19.2 Å². The SMILES string of the molecule is N#CCc1ccc(NCCCF)cc1. The molecule has 3 heteroatoms. The quantitative estimate of drug-likeness (QED) is 0.727. The number of nitrogens with one attached hydrogen (secondary N) is 1. The maximum absolute atomic E-state index is 11.8. The second-order valence-electron chi connectivity index (χ2n) is 3.00. The molecule has 0 aliphatic heterocycles. The lowest BCUT2D eigenvalue weighted by molar-refractivity contribution is 0.481. The molecule has 1 aromatic carbocycles. The van der Waals surface area contributed by atoms with Gasteiger partial charge in [0.2, 0.25) is 0 Å². The molecule has 1 rings (SSSR count). The number of benzene rings is 1. The second-order valence-corrected chi connectivity index (χ2v) is 3.00. The summed E-state index contributed by atoms with van der Waals surface area (Å²) in [7, 11) is 0. The zero-order valence-electron chi connectivity index (χ0n) is 7.96. The van der Waals surface area contributed by atoms with E-state index in [1.54, 1.807) is 0 Å². The van der Waals surface area contributed by atoms with Gasteiger partial charge in [-0.15, -0.1) is 0 Å². The van der Waals surface area contributed by atoms with Gasteiger partial charge in [-0.2, -0.15) is 5.26 Å². The second kappa shape index (κ2) is 5.98. The number of rotatable bonds is 5. The fourth-order valence-corrected chi connectivity index (χ4v) is 1.13. The molecule has 1 N–H and O–H groups in total. The highest BCUT2D eigenvalue weighted by molar-refractivity contribution is 5.44. The summed E-state index contributed by atoms with van der Waals surface area (Å²) in [6.07, 6.45) is 0.963. The van der Waals surface area contributed by atoms with E-state index in [-0.39, 0.29) is 6.67 Å². The lowest BCUT2D eigenvalue weighted by atomic mass is 10.1. The normalized spacial score (nSPS) is 9.43. The van der Waals surface area contributed by atoms with Crippen LogP contribution < -0.4 is 5.32 Å². The number of anilines is 1. The third kappa shape index (κ3) is 3.44.